The fraction of sp³-hybridized carbons (Fsp3) is 0.692. The van der Waals surface area contributed by atoms with E-state index in [0.717, 1.165) is 12.1 Å². The number of anilines is 1. The minimum absolute atomic E-state index is 0.306. The van der Waals surface area contributed by atoms with E-state index in [0.29, 0.717) is 25.1 Å². The zero-order valence-electron chi connectivity index (χ0n) is 12.1. The largest absolute Gasteiger partial charge is 0.389 e. The molecule has 0 aliphatic heterocycles. The smallest absolute Gasteiger partial charge is 0.225 e. The number of methoxy groups -OCH3 is 1. The summed E-state index contributed by atoms with van der Waals surface area (Å²) in [6, 6.07) is 0.437. The summed E-state index contributed by atoms with van der Waals surface area (Å²) in [4.78, 5) is 10.4. The Hall–Kier alpha value is -1.24. The topological polar surface area (TPSA) is 70.5 Å². The first kappa shape index (κ1) is 15.8. The first-order valence-corrected chi connectivity index (χ1v) is 6.45. The van der Waals surface area contributed by atoms with Crippen molar-refractivity contribution in [3.8, 4) is 0 Å². The van der Waals surface area contributed by atoms with Crippen molar-refractivity contribution in [2.45, 2.75) is 32.5 Å². The van der Waals surface area contributed by atoms with Gasteiger partial charge in [0.25, 0.3) is 0 Å². The van der Waals surface area contributed by atoms with Crippen LogP contribution >= 0.6 is 0 Å². The van der Waals surface area contributed by atoms with Crippen LogP contribution in [0.1, 0.15) is 19.4 Å². The highest BCUT2D eigenvalue weighted by Gasteiger charge is 2.10. The van der Waals surface area contributed by atoms with Crippen molar-refractivity contribution in [1.29, 1.82) is 0 Å². The summed E-state index contributed by atoms with van der Waals surface area (Å²) in [5.74, 6) is 0.600. The molecule has 1 aromatic heterocycles. The van der Waals surface area contributed by atoms with Crippen LogP contribution in [0.4, 0.5) is 5.95 Å². The van der Waals surface area contributed by atoms with Crippen LogP contribution in [-0.4, -0.2) is 54.5 Å². The second-order valence-corrected chi connectivity index (χ2v) is 4.92. The molecule has 0 bridgehead atoms. The maximum Gasteiger partial charge on any atom is 0.225 e. The van der Waals surface area contributed by atoms with Gasteiger partial charge in [-0.2, -0.15) is 0 Å². The van der Waals surface area contributed by atoms with Gasteiger partial charge in [-0.15, -0.1) is 0 Å². The molecule has 1 rings (SSSR count). The third kappa shape index (κ3) is 5.96. The monoisotopic (exact) mass is 268 g/mol. The lowest BCUT2D eigenvalue weighted by atomic mass is 10.3. The van der Waals surface area contributed by atoms with Crippen LogP contribution in [0, 0.1) is 0 Å². The Morgan fingerprint density at radius 1 is 1.37 bits per heavy atom. The van der Waals surface area contributed by atoms with Gasteiger partial charge in [-0.05, 0) is 0 Å². The van der Waals surface area contributed by atoms with Gasteiger partial charge in [0.2, 0.25) is 5.95 Å². The normalized spacial score (nSPS) is 12.7. The van der Waals surface area contributed by atoms with Crippen LogP contribution in [0.15, 0.2) is 12.4 Å². The molecule has 0 aliphatic rings. The predicted molar refractivity (Wildman–Crippen MR) is 75.2 cm³/mol. The zero-order chi connectivity index (χ0) is 14.3. The van der Waals surface area contributed by atoms with Gasteiger partial charge in [-0.1, -0.05) is 13.8 Å². The average Bonchev–Trinajstić information content (AvgIpc) is 2.37. The molecule has 6 heteroatoms. The number of ether oxygens (including phenoxy) is 1. The Morgan fingerprint density at radius 2 is 2.00 bits per heavy atom. The van der Waals surface area contributed by atoms with Crippen LogP contribution in [0.5, 0.6) is 0 Å². The highest BCUT2D eigenvalue weighted by molar-refractivity contribution is 5.28. The third-order valence-electron chi connectivity index (χ3n) is 2.59. The molecule has 0 fully saturated rings. The summed E-state index contributed by atoms with van der Waals surface area (Å²) < 4.78 is 4.89. The third-order valence-corrected chi connectivity index (χ3v) is 2.59. The van der Waals surface area contributed by atoms with Crippen molar-refractivity contribution in [2.24, 2.45) is 0 Å². The molecule has 1 atom stereocenters. The summed E-state index contributed by atoms with van der Waals surface area (Å²) in [6.45, 7) is 5.70. The van der Waals surface area contributed by atoms with Crippen LogP contribution in [0.25, 0.3) is 0 Å². The molecule has 0 saturated carbocycles. The zero-order valence-corrected chi connectivity index (χ0v) is 12.1. The van der Waals surface area contributed by atoms with Gasteiger partial charge in [0, 0.05) is 51.2 Å². The van der Waals surface area contributed by atoms with E-state index in [1.54, 1.807) is 19.5 Å². The fourth-order valence-electron chi connectivity index (χ4n) is 1.60. The Kier molecular flexibility index (Phi) is 6.69. The first-order chi connectivity index (χ1) is 9.02. The minimum atomic E-state index is -0.541. The van der Waals surface area contributed by atoms with Gasteiger partial charge in [-0.3, -0.25) is 0 Å². The van der Waals surface area contributed by atoms with Crippen molar-refractivity contribution in [3.63, 3.8) is 0 Å². The Labute approximate surface area is 114 Å². The van der Waals surface area contributed by atoms with Gasteiger partial charge in [-0.25, -0.2) is 9.97 Å². The number of likely N-dealkylation sites (N-methyl/N-ethyl adjacent to an activating group) is 1. The van der Waals surface area contributed by atoms with E-state index in [1.807, 2.05) is 11.9 Å². The summed E-state index contributed by atoms with van der Waals surface area (Å²) in [5.41, 5.74) is 1.04. The molecule has 1 heterocycles. The van der Waals surface area contributed by atoms with Gasteiger partial charge in [0.1, 0.15) is 0 Å². The summed E-state index contributed by atoms with van der Waals surface area (Å²) in [7, 11) is 3.41. The quantitative estimate of drug-likeness (QED) is 0.712. The number of hydrogen-bond donors (Lipinski definition) is 2. The van der Waals surface area contributed by atoms with Gasteiger partial charge in [0.15, 0.2) is 0 Å². The van der Waals surface area contributed by atoms with Crippen LogP contribution < -0.4 is 10.2 Å². The molecule has 0 radical (unpaired) electrons. The number of nitrogens with zero attached hydrogens (tertiary/aromatic N) is 3. The van der Waals surface area contributed by atoms with E-state index in [1.165, 1.54) is 0 Å². The molecule has 2 N–H and O–H groups in total. The lowest BCUT2D eigenvalue weighted by molar-refractivity contribution is 0.0693. The van der Waals surface area contributed by atoms with Crippen LogP contribution in [-0.2, 0) is 11.3 Å². The minimum Gasteiger partial charge on any atom is -0.389 e. The molecule has 1 aromatic rings. The van der Waals surface area contributed by atoms with Crippen molar-refractivity contribution in [2.75, 3.05) is 32.2 Å². The summed E-state index contributed by atoms with van der Waals surface area (Å²) in [6.07, 6.45) is 3.06. The SMILES string of the molecule is COCC(O)CN(C)c1ncc(CNC(C)C)cn1. The molecule has 19 heavy (non-hydrogen) atoms. The number of rotatable bonds is 8. The number of hydrogen-bond acceptors (Lipinski definition) is 6. The highest BCUT2D eigenvalue weighted by Crippen LogP contribution is 2.06. The summed E-state index contributed by atoms with van der Waals surface area (Å²) >= 11 is 0. The molecule has 0 saturated heterocycles. The molecular formula is C13H24N4O2. The van der Waals surface area contributed by atoms with Gasteiger partial charge >= 0.3 is 0 Å². The van der Waals surface area contributed by atoms with E-state index in [9.17, 15) is 5.11 Å². The van der Waals surface area contributed by atoms with Crippen LogP contribution in [0.2, 0.25) is 0 Å². The molecule has 108 valence electrons. The lowest BCUT2D eigenvalue weighted by Gasteiger charge is -2.20. The Morgan fingerprint density at radius 3 is 2.53 bits per heavy atom. The second kappa shape index (κ2) is 8.04. The van der Waals surface area contributed by atoms with Crippen molar-refractivity contribution in [3.05, 3.63) is 18.0 Å². The number of aliphatic hydroxyl groups excluding tert-OH is 1. The summed E-state index contributed by atoms with van der Waals surface area (Å²) in [5, 5.41) is 13.0. The fourth-order valence-corrected chi connectivity index (χ4v) is 1.60. The number of aliphatic hydroxyl groups is 1. The first-order valence-electron chi connectivity index (χ1n) is 6.45. The molecular weight excluding hydrogens is 244 g/mol. The molecule has 1 unspecified atom stereocenters. The highest BCUT2D eigenvalue weighted by atomic mass is 16.5. The van der Waals surface area contributed by atoms with E-state index >= 15 is 0 Å². The molecule has 0 spiro atoms. The van der Waals surface area contributed by atoms with E-state index < -0.39 is 6.10 Å². The Bertz CT molecular complexity index is 356. The number of nitrogens with one attached hydrogen (secondary N) is 1. The van der Waals surface area contributed by atoms with E-state index in [2.05, 4.69) is 29.1 Å². The molecule has 0 amide bonds. The maximum atomic E-state index is 9.65. The predicted octanol–water partition coefficient (Wildman–Crippen LogP) is 0.418. The van der Waals surface area contributed by atoms with Crippen LogP contribution in [0.3, 0.4) is 0 Å². The van der Waals surface area contributed by atoms with E-state index in [4.69, 9.17) is 4.74 Å². The molecule has 0 aromatic carbocycles. The van der Waals surface area contributed by atoms with Gasteiger partial charge in [0.05, 0.1) is 12.7 Å². The molecule has 0 aliphatic carbocycles. The number of aromatic nitrogens is 2. The van der Waals surface area contributed by atoms with Gasteiger partial charge < -0.3 is 20.1 Å². The standard InChI is InChI=1S/C13H24N4O2/c1-10(2)14-5-11-6-15-13(16-7-11)17(3)8-12(18)9-19-4/h6-7,10,12,14,18H,5,8-9H2,1-4H3. The second-order valence-electron chi connectivity index (χ2n) is 4.92. The van der Waals surface area contributed by atoms with Crippen molar-refractivity contribution >= 4 is 5.95 Å². The average molecular weight is 268 g/mol. The lowest BCUT2D eigenvalue weighted by Crippen LogP contribution is -2.33. The molecule has 6 nitrogen and oxygen atoms in total. The van der Waals surface area contributed by atoms with Crippen molar-refractivity contribution < 1.29 is 9.84 Å². The van der Waals surface area contributed by atoms with E-state index in [-0.39, 0.29) is 0 Å². The van der Waals surface area contributed by atoms with Crippen molar-refractivity contribution in [1.82, 2.24) is 15.3 Å². The maximum absolute atomic E-state index is 9.65. The Balaban J connectivity index is 2.50.